The first-order chi connectivity index (χ1) is 15.0. The third kappa shape index (κ3) is 4.06. The molecular weight excluding hydrogens is 396 g/mol. The first kappa shape index (κ1) is 20.5. The van der Waals surface area contributed by atoms with Gasteiger partial charge in [0.1, 0.15) is 11.9 Å². The average molecular weight is 427 g/mol. The molecule has 2 fully saturated rings. The van der Waals surface area contributed by atoms with E-state index in [9.17, 15) is 9.59 Å². The summed E-state index contributed by atoms with van der Waals surface area (Å²) in [6.45, 7) is 5.83. The minimum atomic E-state index is -0.271. The van der Waals surface area contributed by atoms with Gasteiger partial charge in [0.15, 0.2) is 0 Å². The van der Waals surface area contributed by atoms with Crippen molar-refractivity contribution in [3.8, 4) is 0 Å². The fourth-order valence-electron chi connectivity index (χ4n) is 5.38. The molecule has 3 aliphatic heterocycles. The Balaban J connectivity index is 1.31. The van der Waals surface area contributed by atoms with Crippen molar-refractivity contribution in [2.75, 3.05) is 26.7 Å². The Morgan fingerprint density at radius 1 is 1.26 bits per heavy atom. The van der Waals surface area contributed by atoms with E-state index in [0.29, 0.717) is 38.7 Å². The van der Waals surface area contributed by atoms with Crippen LogP contribution in [-0.2, 0) is 29.2 Å². The summed E-state index contributed by atoms with van der Waals surface area (Å²) in [5.41, 5.74) is 2.81. The van der Waals surface area contributed by atoms with Crippen LogP contribution in [0.5, 0.6) is 0 Å². The maximum atomic E-state index is 13.3. The number of fused-ring (bicyclic) bond motifs is 4. The van der Waals surface area contributed by atoms with Gasteiger partial charge in [-0.1, -0.05) is 11.2 Å². The topological polar surface area (TPSA) is 80.8 Å². The molecule has 166 valence electrons. The molecule has 0 saturated carbocycles. The number of nitrogens with zero attached hydrogens (tertiary/aromatic N) is 4. The largest absolute Gasteiger partial charge is 0.368 e. The molecule has 5 rings (SSSR count). The van der Waals surface area contributed by atoms with Crippen LogP contribution in [-0.4, -0.2) is 58.3 Å². The van der Waals surface area contributed by atoms with Crippen molar-refractivity contribution in [1.82, 2.24) is 19.5 Å². The van der Waals surface area contributed by atoms with E-state index in [1.54, 1.807) is 0 Å². The molecule has 2 bridgehead atoms. The number of ether oxygens (including phenoxy) is 1. The highest BCUT2D eigenvalue weighted by molar-refractivity contribution is 5.81. The van der Waals surface area contributed by atoms with Crippen LogP contribution >= 0.6 is 0 Å². The van der Waals surface area contributed by atoms with E-state index in [4.69, 9.17) is 9.26 Å². The standard InChI is InChI=1S/C23H30N4O4/c1-15-8-19(24-31-15)14-25(2)12-17-5-6-20-18-9-16(11-27(20)22(17)28)10-26(13-18)23(29)21-4-3-7-30-21/h5-6,8,16,18,21H,3-4,7,9-14H2,1-2H3/t16-,18+,21-/m0/s1. The summed E-state index contributed by atoms with van der Waals surface area (Å²) < 4.78 is 12.7. The molecule has 0 aliphatic carbocycles. The Morgan fingerprint density at radius 2 is 2.13 bits per heavy atom. The second-order valence-electron chi connectivity index (χ2n) is 9.34. The molecule has 0 unspecified atom stereocenters. The van der Waals surface area contributed by atoms with Crippen LogP contribution in [0.4, 0.5) is 0 Å². The number of carbonyl (C=O) groups excluding carboxylic acids is 1. The minimum absolute atomic E-state index is 0.0919. The lowest BCUT2D eigenvalue weighted by molar-refractivity contribution is -0.143. The highest BCUT2D eigenvalue weighted by atomic mass is 16.5. The predicted molar refractivity (Wildman–Crippen MR) is 114 cm³/mol. The van der Waals surface area contributed by atoms with E-state index in [1.807, 2.05) is 35.6 Å². The Kier molecular flexibility index (Phi) is 5.44. The summed E-state index contributed by atoms with van der Waals surface area (Å²) in [7, 11) is 1.98. The van der Waals surface area contributed by atoms with Crippen LogP contribution in [0.3, 0.4) is 0 Å². The van der Waals surface area contributed by atoms with Crippen molar-refractivity contribution >= 4 is 5.91 Å². The van der Waals surface area contributed by atoms with E-state index in [0.717, 1.165) is 48.5 Å². The summed E-state index contributed by atoms with van der Waals surface area (Å²) >= 11 is 0. The molecule has 2 aromatic heterocycles. The number of aromatic nitrogens is 2. The quantitative estimate of drug-likeness (QED) is 0.727. The van der Waals surface area contributed by atoms with Gasteiger partial charge in [0.25, 0.3) is 11.5 Å². The van der Waals surface area contributed by atoms with Gasteiger partial charge in [-0.15, -0.1) is 0 Å². The minimum Gasteiger partial charge on any atom is -0.368 e. The zero-order valence-corrected chi connectivity index (χ0v) is 18.2. The van der Waals surface area contributed by atoms with Crippen LogP contribution in [0.1, 0.15) is 47.9 Å². The Labute approximate surface area is 181 Å². The molecule has 0 aromatic carbocycles. The van der Waals surface area contributed by atoms with Gasteiger partial charge < -0.3 is 18.7 Å². The molecule has 3 aliphatic rings. The number of carbonyl (C=O) groups is 1. The molecule has 3 atom stereocenters. The van der Waals surface area contributed by atoms with E-state index in [-0.39, 0.29) is 23.5 Å². The Hall–Kier alpha value is -2.45. The van der Waals surface area contributed by atoms with Gasteiger partial charge in [-0.3, -0.25) is 14.5 Å². The molecule has 8 heteroatoms. The monoisotopic (exact) mass is 426 g/mol. The van der Waals surface area contributed by atoms with Crippen LogP contribution in [0, 0.1) is 12.8 Å². The first-order valence-corrected chi connectivity index (χ1v) is 11.2. The molecule has 2 aromatic rings. The highest BCUT2D eigenvalue weighted by Gasteiger charge is 2.39. The van der Waals surface area contributed by atoms with Crippen molar-refractivity contribution in [2.45, 2.75) is 57.8 Å². The third-order valence-corrected chi connectivity index (χ3v) is 6.75. The van der Waals surface area contributed by atoms with Gasteiger partial charge in [0.05, 0.1) is 5.69 Å². The predicted octanol–water partition coefficient (Wildman–Crippen LogP) is 1.90. The fraction of sp³-hybridized carbons (Fsp3) is 0.609. The van der Waals surface area contributed by atoms with E-state index < -0.39 is 0 Å². The van der Waals surface area contributed by atoms with Gasteiger partial charge in [-0.25, -0.2) is 0 Å². The van der Waals surface area contributed by atoms with Gasteiger partial charge in [0.2, 0.25) is 0 Å². The van der Waals surface area contributed by atoms with Gasteiger partial charge in [-0.2, -0.15) is 0 Å². The molecule has 5 heterocycles. The molecule has 0 N–H and O–H groups in total. The van der Waals surface area contributed by atoms with Crippen molar-refractivity contribution in [1.29, 1.82) is 0 Å². The molecule has 1 amide bonds. The third-order valence-electron chi connectivity index (χ3n) is 6.75. The molecule has 0 radical (unpaired) electrons. The molecule has 8 nitrogen and oxygen atoms in total. The van der Waals surface area contributed by atoms with Crippen LogP contribution < -0.4 is 5.56 Å². The van der Waals surface area contributed by atoms with Crippen molar-refractivity contribution in [3.05, 3.63) is 51.3 Å². The number of aryl methyl sites for hydroxylation is 1. The van der Waals surface area contributed by atoms with Gasteiger partial charge >= 0.3 is 0 Å². The van der Waals surface area contributed by atoms with Crippen molar-refractivity contribution in [2.24, 2.45) is 5.92 Å². The second-order valence-corrected chi connectivity index (χ2v) is 9.34. The zero-order chi connectivity index (χ0) is 21.5. The lowest BCUT2D eigenvalue weighted by atomic mass is 9.82. The lowest BCUT2D eigenvalue weighted by Gasteiger charge is -2.43. The van der Waals surface area contributed by atoms with Gasteiger partial charge in [-0.05, 0) is 45.2 Å². The number of amides is 1. The smallest absolute Gasteiger partial charge is 0.255 e. The number of hydrogen-bond donors (Lipinski definition) is 0. The van der Waals surface area contributed by atoms with E-state index in [2.05, 4.69) is 16.1 Å². The molecule has 2 saturated heterocycles. The summed E-state index contributed by atoms with van der Waals surface area (Å²) in [6.07, 6.45) is 2.56. The van der Waals surface area contributed by atoms with Crippen LogP contribution in [0.15, 0.2) is 27.5 Å². The van der Waals surface area contributed by atoms with Crippen LogP contribution in [0.25, 0.3) is 0 Å². The fourth-order valence-corrected chi connectivity index (χ4v) is 5.38. The van der Waals surface area contributed by atoms with E-state index >= 15 is 0 Å². The van der Waals surface area contributed by atoms with Crippen LogP contribution in [0.2, 0.25) is 0 Å². The first-order valence-electron chi connectivity index (χ1n) is 11.2. The zero-order valence-electron chi connectivity index (χ0n) is 18.2. The molecule has 0 spiro atoms. The Bertz CT molecular complexity index is 1020. The van der Waals surface area contributed by atoms with Gasteiger partial charge in [0, 0.05) is 62.6 Å². The highest BCUT2D eigenvalue weighted by Crippen LogP contribution is 2.36. The average Bonchev–Trinajstić information content (AvgIpc) is 3.42. The number of rotatable bonds is 5. The molecular formula is C23H30N4O4. The normalized spacial score (nSPS) is 25.1. The molecule has 31 heavy (non-hydrogen) atoms. The maximum absolute atomic E-state index is 13.3. The maximum Gasteiger partial charge on any atom is 0.255 e. The summed E-state index contributed by atoms with van der Waals surface area (Å²) in [5.74, 6) is 1.45. The SMILES string of the molecule is Cc1cc(CN(C)Cc2ccc3n(c2=O)C[C@H]2C[C@@H]3CN(C(=O)[C@@H]3CCCO3)C2)no1. The number of hydrogen-bond acceptors (Lipinski definition) is 6. The summed E-state index contributed by atoms with van der Waals surface area (Å²) in [4.78, 5) is 30.2. The lowest BCUT2D eigenvalue weighted by Crippen LogP contribution is -2.51. The summed E-state index contributed by atoms with van der Waals surface area (Å²) in [6, 6.07) is 5.96. The van der Waals surface area contributed by atoms with Crippen molar-refractivity contribution < 1.29 is 14.1 Å². The number of piperidine rings is 1. The number of likely N-dealkylation sites (tertiary alicyclic amines) is 1. The Morgan fingerprint density at radius 3 is 2.87 bits per heavy atom. The summed E-state index contributed by atoms with van der Waals surface area (Å²) in [5, 5.41) is 4.04. The second kappa shape index (κ2) is 8.24. The number of pyridine rings is 1. The van der Waals surface area contributed by atoms with E-state index in [1.165, 1.54) is 0 Å². The van der Waals surface area contributed by atoms with Crippen molar-refractivity contribution in [3.63, 3.8) is 0 Å².